The van der Waals surface area contributed by atoms with E-state index in [1.807, 2.05) is 32.3 Å². The van der Waals surface area contributed by atoms with Crippen LogP contribution in [0.2, 0.25) is 0 Å². The number of nitrogens with two attached hydrogens (primary N) is 1. The van der Waals surface area contributed by atoms with Crippen molar-refractivity contribution in [1.82, 2.24) is 15.2 Å². The maximum atomic E-state index is 12.2. The van der Waals surface area contributed by atoms with Crippen LogP contribution in [0.15, 0.2) is 30.5 Å². The summed E-state index contributed by atoms with van der Waals surface area (Å²) in [5.74, 6) is -0.174. The number of hydrogen-bond acceptors (Lipinski definition) is 4. The van der Waals surface area contributed by atoms with Gasteiger partial charge in [-0.3, -0.25) is 9.78 Å². The Morgan fingerprint density at radius 2 is 2.15 bits per heavy atom. The molecular formula is C15H20N4O. The standard InChI is InChI=1S/C15H20N4O/c1-19(2)10-4-8-18-15(20)14-13-11(7-9-17-14)5-3-6-12(13)16/h3,5-7,9H,4,8,10,16H2,1-2H3,(H,18,20). The van der Waals surface area contributed by atoms with Crippen LogP contribution in [0.5, 0.6) is 0 Å². The van der Waals surface area contributed by atoms with E-state index in [0.29, 0.717) is 17.9 Å². The fourth-order valence-corrected chi connectivity index (χ4v) is 2.11. The van der Waals surface area contributed by atoms with Crippen LogP contribution in [0, 0.1) is 0 Å². The number of carbonyl (C=O) groups excluding carboxylic acids is 1. The fourth-order valence-electron chi connectivity index (χ4n) is 2.11. The van der Waals surface area contributed by atoms with Crippen LogP contribution in [0.1, 0.15) is 16.9 Å². The maximum absolute atomic E-state index is 12.2. The molecule has 0 unspecified atom stereocenters. The van der Waals surface area contributed by atoms with E-state index in [1.54, 1.807) is 12.3 Å². The quantitative estimate of drug-likeness (QED) is 0.639. The molecule has 1 aromatic heterocycles. The van der Waals surface area contributed by atoms with Crippen molar-refractivity contribution < 1.29 is 4.79 Å². The van der Waals surface area contributed by atoms with Crippen molar-refractivity contribution in [2.24, 2.45) is 0 Å². The Labute approximate surface area is 118 Å². The van der Waals surface area contributed by atoms with Gasteiger partial charge in [0.15, 0.2) is 0 Å². The van der Waals surface area contributed by atoms with Crippen LogP contribution < -0.4 is 11.1 Å². The van der Waals surface area contributed by atoms with Crippen LogP contribution in [0.3, 0.4) is 0 Å². The third-order valence-corrected chi connectivity index (χ3v) is 3.11. The number of amides is 1. The molecule has 0 bridgehead atoms. The van der Waals surface area contributed by atoms with Gasteiger partial charge in [-0.05, 0) is 44.6 Å². The lowest BCUT2D eigenvalue weighted by atomic mass is 10.1. The van der Waals surface area contributed by atoms with Gasteiger partial charge < -0.3 is 16.0 Å². The van der Waals surface area contributed by atoms with Gasteiger partial charge in [-0.25, -0.2) is 0 Å². The number of pyridine rings is 1. The Balaban J connectivity index is 2.14. The number of benzene rings is 1. The highest BCUT2D eigenvalue weighted by molar-refractivity contribution is 6.09. The molecule has 20 heavy (non-hydrogen) atoms. The van der Waals surface area contributed by atoms with Gasteiger partial charge in [-0.2, -0.15) is 0 Å². The average Bonchev–Trinajstić information content (AvgIpc) is 2.43. The van der Waals surface area contributed by atoms with E-state index in [9.17, 15) is 4.79 Å². The first-order valence-electron chi connectivity index (χ1n) is 6.65. The Kier molecular flexibility index (Phi) is 4.53. The first-order valence-corrected chi connectivity index (χ1v) is 6.65. The first-order chi connectivity index (χ1) is 9.59. The molecule has 1 aromatic carbocycles. The van der Waals surface area contributed by atoms with E-state index < -0.39 is 0 Å². The van der Waals surface area contributed by atoms with Crippen molar-refractivity contribution in [2.75, 3.05) is 32.9 Å². The van der Waals surface area contributed by atoms with E-state index in [2.05, 4.69) is 15.2 Å². The number of fused-ring (bicyclic) bond motifs is 1. The highest BCUT2D eigenvalue weighted by Gasteiger charge is 2.13. The molecule has 2 rings (SSSR count). The number of nitrogens with one attached hydrogen (secondary N) is 1. The van der Waals surface area contributed by atoms with Crippen LogP contribution >= 0.6 is 0 Å². The van der Waals surface area contributed by atoms with Crippen molar-refractivity contribution in [2.45, 2.75) is 6.42 Å². The number of nitrogens with zero attached hydrogens (tertiary/aromatic N) is 2. The molecule has 2 aromatic rings. The van der Waals surface area contributed by atoms with Crippen LogP contribution in [-0.4, -0.2) is 43.0 Å². The van der Waals surface area contributed by atoms with Crippen LogP contribution in [0.25, 0.3) is 10.8 Å². The molecule has 0 aliphatic carbocycles. The number of rotatable bonds is 5. The van der Waals surface area contributed by atoms with Crippen molar-refractivity contribution in [3.05, 3.63) is 36.2 Å². The lowest BCUT2D eigenvalue weighted by Crippen LogP contribution is -2.28. The highest BCUT2D eigenvalue weighted by Crippen LogP contribution is 2.23. The van der Waals surface area contributed by atoms with E-state index in [4.69, 9.17) is 5.73 Å². The molecular weight excluding hydrogens is 252 g/mol. The Morgan fingerprint density at radius 1 is 1.35 bits per heavy atom. The van der Waals surface area contributed by atoms with Crippen LogP contribution in [0.4, 0.5) is 5.69 Å². The molecule has 5 heteroatoms. The van der Waals surface area contributed by atoms with E-state index in [-0.39, 0.29) is 5.91 Å². The Bertz CT molecular complexity index is 605. The van der Waals surface area contributed by atoms with E-state index in [0.717, 1.165) is 23.7 Å². The predicted molar refractivity (Wildman–Crippen MR) is 81.7 cm³/mol. The number of nitrogen functional groups attached to an aromatic ring is 1. The third-order valence-electron chi connectivity index (χ3n) is 3.11. The first kappa shape index (κ1) is 14.3. The molecule has 0 aliphatic heterocycles. The zero-order chi connectivity index (χ0) is 14.5. The molecule has 106 valence electrons. The summed E-state index contributed by atoms with van der Waals surface area (Å²) >= 11 is 0. The zero-order valence-electron chi connectivity index (χ0n) is 11.9. The fraction of sp³-hybridized carbons (Fsp3) is 0.333. The summed E-state index contributed by atoms with van der Waals surface area (Å²) in [5, 5.41) is 4.54. The average molecular weight is 272 g/mol. The van der Waals surface area contributed by atoms with Gasteiger partial charge in [0.05, 0.1) is 0 Å². The molecule has 0 radical (unpaired) electrons. The second-order valence-corrected chi connectivity index (χ2v) is 5.02. The Morgan fingerprint density at radius 3 is 2.90 bits per heavy atom. The van der Waals surface area contributed by atoms with Crippen molar-refractivity contribution in [3.8, 4) is 0 Å². The molecule has 0 spiro atoms. The molecule has 0 atom stereocenters. The van der Waals surface area contributed by atoms with Gasteiger partial charge in [0.25, 0.3) is 5.91 Å². The third kappa shape index (κ3) is 3.24. The van der Waals surface area contributed by atoms with Crippen LogP contribution in [-0.2, 0) is 0 Å². The Hall–Kier alpha value is -2.14. The summed E-state index contributed by atoms with van der Waals surface area (Å²) in [4.78, 5) is 18.5. The van der Waals surface area contributed by atoms with Crippen molar-refractivity contribution >= 4 is 22.4 Å². The van der Waals surface area contributed by atoms with E-state index >= 15 is 0 Å². The summed E-state index contributed by atoms with van der Waals surface area (Å²) in [6, 6.07) is 7.44. The highest BCUT2D eigenvalue weighted by atomic mass is 16.1. The molecule has 0 aliphatic rings. The summed E-state index contributed by atoms with van der Waals surface area (Å²) in [6.45, 7) is 1.56. The molecule has 3 N–H and O–H groups in total. The number of anilines is 1. The van der Waals surface area contributed by atoms with Crippen molar-refractivity contribution in [3.63, 3.8) is 0 Å². The zero-order valence-corrected chi connectivity index (χ0v) is 11.9. The van der Waals surface area contributed by atoms with Gasteiger partial charge in [0, 0.05) is 23.8 Å². The minimum Gasteiger partial charge on any atom is -0.398 e. The van der Waals surface area contributed by atoms with Gasteiger partial charge in [-0.15, -0.1) is 0 Å². The van der Waals surface area contributed by atoms with Gasteiger partial charge in [0.1, 0.15) is 5.69 Å². The van der Waals surface area contributed by atoms with Gasteiger partial charge >= 0.3 is 0 Å². The monoisotopic (exact) mass is 272 g/mol. The molecule has 0 saturated heterocycles. The second-order valence-electron chi connectivity index (χ2n) is 5.02. The normalized spacial score (nSPS) is 10.9. The summed E-state index contributed by atoms with van der Waals surface area (Å²) < 4.78 is 0. The summed E-state index contributed by atoms with van der Waals surface area (Å²) in [6.07, 6.45) is 2.54. The lowest BCUT2D eigenvalue weighted by Gasteiger charge is -2.11. The minimum atomic E-state index is -0.174. The lowest BCUT2D eigenvalue weighted by molar-refractivity contribution is 0.0949. The molecule has 1 heterocycles. The molecule has 0 saturated carbocycles. The van der Waals surface area contributed by atoms with E-state index in [1.165, 1.54) is 0 Å². The topological polar surface area (TPSA) is 71.2 Å². The minimum absolute atomic E-state index is 0.174. The number of carbonyl (C=O) groups is 1. The van der Waals surface area contributed by atoms with Crippen molar-refractivity contribution in [1.29, 1.82) is 0 Å². The smallest absolute Gasteiger partial charge is 0.270 e. The molecule has 1 amide bonds. The number of aromatic nitrogens is 1. The summed E-state index contributed by atoms with van der Waals surface area (Å²) in [5.41, 5.74) is 6.93. The van der Waals surface area contributed by atoms with Gasteiger partial charge in [0.2, 0.25) is 0 Å². The molecule has 5 nitrogen and oxygen atoms in total. The SMILES string of the molecule is CN(C)CCCNC(=O)c1nccc2cccc(N)c12. The number of hydrogen-bond donors (Lipinski definition) is 2. The largest absolute Gasteiger partial charge is 0.398 e. The molecule has 0 fully saturated rings. The van der Waals surface area contributed by atoms with Gasteiger partial charge in [-0.1, -0.05) is 12.1 Å². The summed E-state index contributed by atoms with van der Waals surface area (Å²) in [7, 11) is 4.02. The second kappa shape index (κ2) is 6.34. The predicted octanol–water partition coefficient (Wildman–Crippen LogP) is 1.50. The maximum Gasteiger partial charge on any atom is 0.270 e.